The minimum absolute atomic E-state index is 0.175. The molecule has 1 amide bonds. The highest BCUT2D eigenvalue weighted by Crippen LogP contribution is 2.27. The fourth-order valence-corrected chi connectivity index (χ4v) is 4.10. The van der Waals surface area contributed by atoms with E-state index in [-0.39, 0.29) is 11.8 Å². The maximum Gasteiger partial charge on any atom is 0.224 e. The Morgan fingerprint density at radius 3 is 2.68 bits per heavy atom. The molecule has 1 atom stereocenters. The lowest BCUT2D eigenvalue weighted by Crippen LogP contribution is -2.51. The zero-order chi connectivity index (χ0) is 17.2. The van der Waals surface area contributed by atoms with Gasteiger partial charge >= 0.3 is 0 Å². The molecule has 0 radical (unpaired) electrons. The summed E-state index contributed by atoms with van der Waals surface area (Å²) in [7, 11) is 0. The maximum absolute atomic E-state index is 12.4. The standard InChI is InChI=1S/C18H28N6O/c19-18-20-8-5-16(22-18)23-10-6-15(7-11-23)24-9-1-2-13(12-24)17(25)21-14-3-4-14/h5,8,13-15H,1-4,6-7,9-12H2,(H,21,25)(H2,19,20,22)/t13-/m0/s1. The van der Waals surface area contributed by atoms with Crippen LogP contribution >= 0.6 is 0 Å². The van der Waals surface area contributed by atoms with E-state index >= 15 is 0 Å². The number of hydrogen-bond donors (Lipinski definition) is 2. The van der Waals surface area contributed by atoms with E-state index in [0.717, 1.165) is 70.5 Å². The van der Waals surface area contributed by atoms with Gasteiger partial charge in [-0.25, -0.2) is 4.98 Å². The van der Waals surface area contributed by atoms with Crippen molar-refractivity contribution in [3.8, 4) is 0 Å². The second kappa shape index (κ2) is 7.15. The van der Waals surface area contributed by atoms with Gasteiger partial charge in [-0.15, -0.1) is 0 Å². The molecule has 2 saturated heterocycles. The van der Waals surface area contributed by atoms with Gasteiger partial charge in [0.25, 0.3) is 0 Å². The Balaban J connectivity index is 1.30. The van der Waals surface area contributed by atoms with Crippen LogP contribution in [-0.4, -0.2) is 59.0 Å². The number of nitrogens with zero attached hydrogens (tertiary/aromatic N) is 4. The van der Waals surface area contributed by atoms with Gasteiger partial charge in [-0.05, 0) is 51.1 Å². The third kappa shape index (κ3) is 4.03. The van der Waals surface area contributed by atoms with Crippen molar-refractivity contribution in [1.82, 2.24) is 20.2 Å². The number of hydrogen-bond acceptors (Lipinski definition) is 6. The fourth-order valence-electron chi connectivity index (χ4n) is 4.10. The van der Waals surface area contributed by atoms with E-state index in [1.165, 1.54) is 0 Å². The number of anilines is 2. The van der Waals surface area contributed by atoms with Gasteiger partial charge in [0.15, 0.2) is 0 Å². The summed E-state index contributed by atoms with van der Waals surface area (Å²) in [4.78, 5) is 25.5. The Hall–Kier alpha value is -1.89. The quantitative estimate of drug-likeness (QED) is 0.848. The summed E-state index contributed by atoms with van der Waals surface area (Å²) in [5.74, 6) is 1.71. The summed E-state index contributed by atoms with van der Waals surface area (Å²) in [6.07, 6.45) is 8.43. The van der Waals surface area contributed by atoms with Gasteiger partial charge in [0.05, 0.1) is 5.92 Å². The van der Waals surface area contributed by atoms with E-state index < -0.39 is 0 Å². The number of aromatic nitrogens is 2. The highest BCUT2D eigenvalue weighted by atomic mass is 16.2. The summed E-state index contributed by atoms with van der Waals surface area (Å²) < 4.78 is 0. The number of amides is 1. The van der Waals surface area contributed by atoms with Gasteiger partial charge in [0.1, 0.15) is 5.82 Å². The first-order valence-corrected chi connectivity index (χ1v) is 9.57. The molecular weight excluding hydrogens is 316 g/mol. The molecule has 7 heteroatoms. The van der Waals surface area contributed by atoms with Crippen molar-refractivity contribution in [3.63, 3.8) is 0 Å². The summed E-state index contributed by atoms with van der Waals surface area (Å²) in [5.41, 5.74) is 5.70. The zero-order valence-electron chi connectivity index (χ0n) is 14.7. The summed E-state index contributed by atoms with van der Waals surface area (Å²) >= 11 is 0. The Morgan fingerprint density at radius 1 is 1.16 bits per heavy atom. The first kappa shape index (κ1) is 16.6. The number of nitrogens with one attached hydrogen (secondary N) is 1. The van der Waals surface area contributed by atoms with E-state index in [1.807, 2.05) is 6.07 Å². The molecule has 0 spiro atoms. The molecule has 0 unspecified atom stereocenters. The first-order valence-electron chi connectivity index (χ1n) is 9.57. The van der Waals surface area contributed by atoms with Crippen molar-refractivity contribution in [2.45, 2.75) is 50.6 Å². The Labute approximate surface area is 149 Å². The number of carbonyl (C=O) groups excluding carboxylic acids is 1. The lowest BCUT2D eigenvalue weighted by molar-refractivity contribution is -0.127. The predicted octanol–water partition coefficient (Wildman–Crippen LogP) is 1.02. The van der Waals surface area contributed by atoms with Gasteiger partial charge < -0.3 is 16.0 Å². The summed E-state index contributed by atoms with van der Waals surface area (Å²) in [5, 5.41) is 3.18. The van der Waals surface area contributed by atoms with Crippen LogP contribution in [-0.2, 0) is 4.79 Å². The lowest BCUT2D eigenvalue weighted by atomic mass is 9.93. The molecule has 3 N–H and O–H groups in total. The van der Waals surface area contributed by atoms with Crippen LogP contribution in [0.5, 0.6) is 0 Å². The van der Waals surface area contributed by atoms with Crippen LogP contribution in [0.1, 0.15) is 38.5 Å². The van der Waals surface area contributed by atoms with Crippen LogP contribution in [0.3, 0.4) is 0 Å². The highest BCUT2D eigenvalue weighted by molar-refractivity contribution is 5.79. The molecule has 3 heterocycles. The van der Waals surface area contributed by atoms with Gasteiger partial charge in [-0.3, -0.25) is 9.69 Å². The van der Waals surface area contributed by atoms with Gasteiger partial charge in [0.2, 0.25) is 11.9 Å². The lowest BCUT2D eigenvalue weighted by Gasteiger charge is -2.42. The molecule has 0 aromatic carbocycles. The Bertz CT molecular complexity index is 611. The smallest absolute Gasteiger partial charge is 0.224 e. The second-order valence-electron chi connectivity index (χ2n) is 7.61. The summed E-state index contributed by atoms with van der Waals surface area (Å²) in [6, 6.07) is 2.97. The number of nitrogen functional groups attached to an aromatic ring is 1. The monoisotopic (exact) mass is 344 g/mol. The van der Waals surface area contributed by atoms with Crippen molar-refractivity contribution in [2.24, 2.45) is 5.92 Å². The highest BCUT2D eigenvalue weighted by Gasteiger charge is 2.33. The molecule has 2 aliphatic heterocycles. The van der Waals surface area contributed by atoms with E-state index in [0.29, 0.717) is 18.0 Å². The molecule has 7 nitrogen and oxygen atoms in total. The van der Waals surface area contributed by atoms with Crippen molar-refractivity contribution < 1.29 is 4.79 Å². The third-order valence-electron chi connectivity index (χ3n) is 5.71. The van der Waals surface area contributed by atoms with Gasteiger partial charge in [-0.2, -0.15) is 4.98 Å². The van der Waals surface area contributed by atoms with Gasteiger partial charge in [0, 0.05) is 37.9 Å². The van der Waals surface area contributed by atoms with Crippen LogP contribution in [0.4, 0.5) is 11.8 Å². The third-order valence-corrected chi connectivity index (χ3v) is 5.71. The van der Waals surface area contributed by atoms with E-state index in [1.54, 1.807) is 6.20 Å². The molecule has 3 aliphatic rings. The normalized spacial score (nSPS) is 25.8. The molecule has 1 saturated carbocycles. The van der Waals surface area contributed by atoms with Crippen LogP contribution < -0.4 is 16.0 Å². The molecule has 1 aromatic heterocycles. The molecular formula is C18H28N6O. The molecule has 136 valence electrons. The minimum Gasteiger partial charge on any atom is -0.368 e. The second-order valence-corrected chi connectivity index (χ2v) is 7.61. The zero-order valence-corrected chi connectivity index (χ0v) is 14.7. The van der Waals surface area contributed by atoms with E-state index in [4.69, 9.17) is 5.73 Å². The topological polar surface area (TPSA) is 87.4 Å². The van der Waals surface area contributed by atoms with Crippen LogP contribution in [0, 0.1) is 5.92 Å². The predicted molar refractivity (Wildman–Crippen MR) is 97.1 cm³/mol. The average Bonchev–Trinajstić information content (AvgIpc) is 3.46. The van der Waals surface area contributed by atoms with Crippen molar-refractivity contribution in [3.05, 3.63) is 12.3 Å². The van der Waals surface area contributed by atoms with Crippen molar-refractivity contribution in [1.29, 1.82) is 0 Å². The van der Waals surface area contributed by atoms with E-state index in [9.17, 15) is 4.79 Å². The average molecular weight is 344 g/mol. The van der Waals surface area contributed by atoms with Crippen LogP contribution in [0.2, 0.25) is 0 Å². The Morgan fingerprint density at radius 2 is 1.96 bits per heavy atom. The molecule has 25 heavy (non-hydrogen) atoms. The number of likely N-dealkylation sites (tertiary alicyclic amines) is 1. The number of piperidine rings is 2. The van der Waals surface area contributed by atoms with Crippen molar-refractivity contribution in [2.75, 3.05) is 36.8 Å². The van der Waals surface area contributed by atoms with Crippen LogP contribution in [0.25, 0.3) is 0 Å². The largest absolute Gasteiger partial charge is 0.368 e. The number of nitrogens with two attached hydrogens (primary N) is 1. The Kier molecular flexibility index (Phi) is 4.74. The van der Waals surface area contributed by atoms with Gasteiger partial charge in [-0.1, -0.05) is 0 Å². The molecule has 1 aliphatic carbocycles. The first-order chi connectivity index (χ1) is 12.2. The number of carbonyl (C=O) groups is 1. The number of rotatable bonds is 4. The molecule has 3 fully saturated rings. The SMILES string of the molecule is Nc1nccc(N2CCC(N3CCC[C@H](C(=O)NC4CC4)C3)CC2)n1. The minimum atomic E-state index is 0.175. The summed E-state index contributed by atoms with van der Waals surface area (Å²) in [6.45, 7) is 4.01. The molecule has 1 aromatic rings. The van der Waals surface area contributed by atoms with Crippen molar-refractivity contribution >= 4 is 17.7 Å². The molecule has 0 bridgehead atoms. The fraction of sp³-hybridized carbons (Fsp3) is 0.722. The van der Waals surface area contributed by atoms with E-state index in [2.05, 4.69) is 25.1 Å². The maximum atomic E-state index is 12.4. The molecule has 4 rings (SSSR count). The van der Waals surface area contributed by atoms with Crippen LogP contribution in [0.15, 0.2) is 12.3 Å².